The van der Waals surface area contributed by atoms with Gasteiger partial charge in [-0.2, -0.15) is 0 Å². The molecular weight excluding hydrogens is 240 g/mol. The molecule has 0 aliphatic heterocycles. The van der Waals surface area contributed by atoms with Gasteiger partial charge in [-0.15, -0.1) is 0 Å². The molecule has 0 saturated carbocycles. The van der Waals surface area contributed by atoms with Gasteiger partial charge in [0.05, 0.1) is 6.20 Å². The Kier molecular flexibility index (Phi) is 3.30. The number of aromatic hydroxyl groups is 1. The highest BCUT2D eigenvalue weighted by Crippen LogP contribution is 2.22. The van der Waals surface area contributed by atoms with E-state index in [1.54, 1.807) is 18.2 Å². The Morgan fingerprint density at radius 1 is 1.41 bits per heavy atom. The Morgan fingerprint density at radius 2 is 2.24 bits per heavy atom. The molecule has 1 heterocycles. The summed E-state index contributed by atoms with van der Waals surface area (Å²) in [4.78, 5) is 7.76. The summed E-state index contributed by atoms with van der Waals surface area (Å²) < 4.78 is 0. The maximum absolute atomic E-state index is 9.62. The molecule has 0 unspecified atom stereocenters. The van der Waals surface area contributed by atoms with Crippen LogP contribution < -0.4 is 11.1 Å². The van der Waals surface area contributed by atoms with Crippen LogP contribution in [0.5, 0.6) is 5.75 Å². The van der Waals surface area contributed by atoms with Crippen molar-refractivity contribution in [3.63, 3.8) is 0 Å². The standard InChI is InChI=1S/C11H11ClN4O/c12-9-5-14-6-16-11(9)15-4-7-3-8(13)1-2-10(7)17/h1-3,5-6,17H,4,13H2,(H,14,15,16). The van der Waals surface area contributed by atoms with Gasteiger partial charge in [0.2, 0.25) is 0 Å². The minimum absolute atomic E-state index is 0.178. The van der Waals surface area contributed by atoms with Crippen molar-refractivity contribution in [1.82, 2.24) is 9.97 Å². The van der Waals surface area contributed by atoms with Crippen LogP contribution in [-0.4, -0.2) is 15.1 Å². The Morgan fingerprint density at radius 3 is 3.00 bits per heavy atom. The summed E-state index contributed by atoms with van der Waals surface area (Å²) in [6, 6.07) is 4.88. The molecule has 0 aliphatic carbocycles. The fourth-order valence-corrected chi connectivity index (χ4v) is 1.54. The first kappa shape index (κ1) is 11.5. The maximum atomic E-state index is 9.62. The van der Waals surface area contributed by atoms with E-state index in [0.29, 0.717) is 28.6 Å². The number of anilines is 2. The van der Waals surface area contributed by atoms with E-state index < -0.39 is 0 Å². The van der Waals surface area contributed by atoms with Gasteiger partial charge in [0.1, 0.15) is 22.9 Å². The number of nitrogens with two attached hydrogens (primary N) is 1. The van der Waals surface area contributed by atoms with Crippen LogP contribution in [0.2, 0.25) is 5.02 Å². The van der Waals surface area contributed by atoms with Gasteiger partial charge in [-0.1, -0.05) is 11.6 Å². The minimum atomic E-state index is 0.178. The molecule has 88 valence electrons. The molecule has 17 heavy (non-hydrogen) atoms. The number of hydrogen-bond acceptors (Lipinski definition) is 5. The van der Waals surface area contributed by atoms with Crippen molar-refractivity contribution in [1.29, 1.82) is 0 Å². The number of nitrogen functional groups attached to an aromatic ring is 1. The second-order valence-electron chi connectivity index (χ2n) is 3.46. The Bertz CT molecular complexity index is 533. The van der Waals surface area contributed by atoms with Gasteiger partial charge in [-0.05, 0) is 18.2 Å². The number of phenolic OH excluding ortho intramolecular Hbond substituents is 1. The number of rotatable bonds is 3. The molecule has 5 nitrogen and oxygen atoms in total. The third kappa shape index (κ3) is 2.76. The quantitative estimate of drug-likeness (QED) is 0.573. The van der Waals surface area contributed by atoms with Gasteiger partial charge in [0.25, 0.3) is 0 Å². The molecule has 4 N–H and O–H groups in total. The van der Waals surface area contributed by atoms with Crippen LogP contribution >= 0.6 is 11.6 Å². The van der Waals surface area contributed by atoms with Crippen LogP contribution in [-0.2, 0) is 6.54 Å². The highest BCUT2D eigenvalue weighted by atomic mass is 35.5. The van der Waals surface area contributed by atoms with E-state index in [0.717, 1.165) is 0 Å². The molecule has 0 bridgehead atoms. The molecule has 0 amide bonds. The van der Waals surface area contributed by atoms with Crippen molar-refractivity contribution in [2.24, 2.45) is 0 Å². The number of benzene rings is 1. The van der Waals surface area contributed by atoms with E-state index in [4.69, 9.17) is 17.3 Å². The topological polar surface area (TPSA) is 84.1 Å². The van der Waals surface area contributed by atoms with E-state index in [1.807, 2.05) is 0 Å². The van der Waals surface area contributed by atoms with Gasteiger partial charge in [-0.25, -0.2) is 9.97 Å². The fraction of sp³-hybridized carbons (Fsp3) is 0.0909. The molecule has 1 aromatic carbocycles. The van der Waals surface area contributed by atoms with Crippen molar-refractivity contribution in [2.45, 2.75) is 6.54 Å². The van der Waals surface area contributed by atoms with Gasteiger partial charge in [0, 0.05) is 17.8 Å². The molecule has 0 atom stereocenters. The van der Waals surface area contributed by atoms with Crippen molar-refractivity contribution in [2.75, 3.05) is 11.1 Å². The molecule has 6 heteroatoms. The van der Waals surface area contributed by atoms with Crippen LogP contribution in [0, 0.1) is 0 Å². The van der Waals surface area contributed by atoms with E-state index in [2.05, 4.69) is 15.3 Å². The lowest BCUT2D eigenvalue weighted by Gasteiger charge is -2.08. The molecule has 0 radical (unpaired) electrons. The van der Waals surface area contributed by atoms with Crippen molar-refractivity contribution < 1.29 is 5.11 Å². The third-order valence-corrected chi connectivity index (χ3v) is 2.49. The second-order valence-corrected chi connectivity index (χ2v) is 3.87. The summed E-state index contributed by atoms with van der Waals surface area (Å²) >= 11 is 5.89. The molecule has 0 aliphatic rings. The first-order chi connectivity index (χ1) is 8.16. The van der Waals surface area contributed by atoms with Crippen LogP contribution in [0.4, 0.5) is 11.5 Å². The lowest BCUT2D eigenvalue weighted by molar-refractivity contribution is 0.469. The summed E-state index contributed by atoms with van der Waals surface area (Å²) in [5.74, 6) is 0.695. The lowest BCUT2D eigenvalue weighted by Crippen LogP contribution is -2.03. The van der Waals surface area contributed by atoms with Gasteiger partial charge >= 0.3 is 0 Å². The number of nitrogens with one attached hydrogen (secondary N) is 1. The third-order valence-electron chi connectivity index (χ3n) is 2.22. The largest absolute Gasteiger partial charge is 0.508 e. The number of halogens is 1. The SMILES string of the molecule is Nc1ccc(O)c(CNc2ncncc2Cl)c1. The van der Waals surface area contributed by atoms with Crippen LogP contribution in [0.25, 0.3) is 0 Å². The van der Waals surface area contributed by atoms with Crippen molar-refractivity contribution in [3.8, 4) is 5.75 Å². The zero-order chi connectivity index (χ0) is 12.3. The first-order valence-electron chi connectivity index (χ1n) is 4.93. The zero-order valence-corrected chi connectivity index (χ0v) is 9.65. The monoisotopic (exact) mass is 250 g/mol. The highest BCUT2D eigenvalue weighted by Gasteiger charge is 2.04. The van der Waals surface area contributed by atoms with E-state index in [9.17, 15) is 5.11 Å². The maximum Gasteiger partial charge on any atom is 0.148 e. The van der Waals surface area contributed by atoms with Crippen molar-refractivity contribution >= 4 is 23.1 Å². The lowest BCUT2D eigenvalue weighted by atomic mass is 10.2. The molecule has 2 rings (SSSR count). The highest BCUT2D eigenvalue weighted by molar-refractivity contribution is 6.32. The Labute approximate surface area is 103 Å². The summed E-state index contributed by atoms with van der Waals surface area (Å²) in [5.41, 5.74) is 6.91. The summed E-state index contributed by atoms with van der Waals surface area (Å²) in [7, 11) is 0. The number of aromatic nitrogens is 2. The summed E-state index contributed by atoms with van der Waals surface area (Å²) in [6.07, 6.45) is 2.89. The molecule has 2 aromatic rings. The number of hydrogen-bond donors (Lipinski definition) is 3. The van der Waals surface area contributed by atoms with E-state index >= 15 is 0 Å². The van der Waals surface area contributed by atoms with Crippen LogP contribution in [0.15, 0.2) is 30.7 Å². The normalized spacial score (nSPS) is 10.2. The zero-order valence-electron chi connectivity index (χ0n) is 8.89. The Balaban J connectivity index is 2.12. The molecule has 1 aromatic heterocycles. The second kappa shape index (κ2) is 4.88. The van der Waals surface area contributed by atoms with Crippen LogP contribution in [0.1, 0.15) is 5.56 Å². The number of phenols is 1. The number of nitrogens with zero attached hydrogens (tertiary/aromatic N) is 2. The van der Waals surface area contributed by atoms with E-state index in [-0.39, 0.29) is 5.75 Å². The first-order valence-corrected chi connectivity index (χ1v) is 5.31. The molecule has 0 spiro atoms. The molecule has 0 fully saturated rings. The van der Waals surface area contributed by atoms with Gasteiger partial charge in [-0.3, -0.25) is 0 Å². The van der Waals surface area contributed by atoms with Crippen molar-refractivity contribution in [3.05, 3.63) is 41.3 Å². The van der Waals surface area contributed by atoms with Gasteiger partial charge < -0.3 is 16.2 Å². The van der Waals surface area contributed by atoms with E-state index in [1.165, 1.54) is 12.5 Å². The fourth-order valence-electron chi connectivity index (χ4n) is 1.37. The van der Waals surface area contributed by atoms with Gasteiger partial charge in [0.15, 0.2) is 0 Å². The average molecular weight is 251 g/mol. The summed E-state index contributed by atoms with van der Waals surface area (Å²) in [5, 5.41) is 13.0. The molecular formula is C11H11ClN4O. The predicted octanol–water partition coefficient (Wildman–Crippen LogP) is 2.03. The predicted molar refractivity (Wildman–Crippen MR) is 66.9 cm³/mol. The Hall–Kier alpha value is -2.01. The van der Waals surface area contributed by atoms with Crippen LogP contribution in [0.3, 0.4) is 0 Å². The smallest absolute Gasteiger partial charge is 0.148 e. The molecule has 0 saturated heterocycles. The average Bonchev–Trinajstić information content (AvgIpc) is 2.32. The summed E-state index contributed by atoms with van der Waals surface area (Å²) in [6.45, 7) is 0.383. The minimum Gasteiger partial charge on any atom is -0.508 e.